The van der Waals surface area contributed by atoms with Crippen LogP contribution < -0.4 is 5.73 Å². The zero-order valence-electron chi connectivity index (χ0n) is 11.0. The predicted molar refractivity (Wildman–Crippen MR) is 68.5 cm³/mol. The molecule has 0 amide bonds. The van der Waals surface area contributed by atoms with Crippen LogP contribution in [0.3, 0.4) is 0 Å². The molecule has 2 N–H and O–H groups in total. The molecule has 1 aliphatic rings. The maximum absolute atomic E-state index is 13.8. The van der Waals surface area contributed by atoms with Crippen molar-refractivity contribution in [3.05, 3.63) is 35.6 Å². The highest BCUT2D eigenvalue weighted by atomic mass is 19.4. The Labute approximate surface area is 115 Å². The van der Waals surface area contributed by atoms with Crippen molar-refractivity contribution in [2.24, 2.45) is 11.7 Å². The lowest BCUT2D eigenvalue weighted by Crippen LogP contribution is -2.45. The molecule has 1 heterocycles. The van der Waals surface area contributed by atoms with Gasteiger partial charge in [-0.3, -0.25) is 4.90 Å². The van der Waals surface area contributed by atoms with Gasteiger partial charge in [0.1, 0.15) is 5.82 Å². The Kier molecular flexibility index (Phi) is 4.65. The molecule has 112 valence electrons. The Morgan fingerprint density at radius 2 is 2.00 bits per heavy atom. The molecule has 1 fully saturated rings. The number of piperidine rings is 1. The second-order valence-electron chi connectivity index (χ2n) is 5.15. The minimum absolute atomic E-state index is 0.103. The van der Waals surface area contributed by atoms with E-state index in [2.05, 4.69) is 0 Å². The molecule has 1 aliphatic heterocycles. The third-order valence-corrected chi connectivity index (χ3v) is 3.84. The number of hydrogen-bond acceptors (Lipinski definition) is 2. The molecule has 2 unspecified atom stereocenters. The summed E-state index contributed by atoms with van der Waals surface area (Å²) < 4.78 is 52.3. The fourth-order valence-electron chi connectivity index (χ4n) is 2.77. The van der Waals surface area contributed by atoms with Crippen LogP contribution in [-0.2, 0) is 0 Å². The van der Waals surface area contributed by atoms with Gasteiger partial charge in [0.15, 0.2) is 0 Å². The molecule has 0 aliphatic carbocycles. The van der Waals surface area contributed by atoms with Crippen LogP contribution in [0.15, 0.2) is 24.3 Å². The molecule has 2 atom stereocenters. The van der Waals surface area contributed by atoms with Crippen molar-refractivity contribution in [3.63, 3.8) is 0 Å². The van der Waals surface area contributed by atoms with Gasteiger partial charge in [0.25, 0.3) is 0 Å². The van der Waals surface area contributed by atoms with Crippen molar-refractivity contribution >= 4 is 0 Å². The average molecular weight is 290 g/mol. The van der Waals surface area contributed by atoms with Crippen molar-refractivity contribution in [2.75, 3.05) is 19.6 Å². The van der Waals surface area contributed by atoms with Gasteiger partial charge in [0.2, 0.25) is 0 Å². The summed E-state index contributed by atoms with van der Waals surface area (Å²) in [6.07, 6.45) is -3.61. The highest BCUT2D eigenvalue weighted by molar-refractivity contribution is 5.22. The molecule has 0 radical (unpaired) electrons. The van der Waals surface area contributed by atoms with E-state index in [9.17, 15) is 17.6 Å². The number of nitrogens with two attached hydrogens (primary N) is 1. The quantitative estimate of drug-likeness (QED) is 0.867. The number of benzene rings is 1. The maximum Gasteiger partial charge on any atom is 0.393 e. The van der Waals surface area contributed by atoms with Gasteiger partial charge in [-0.1, -0.05) is 18.2 Å². The molecule has 2 rings (SSSR count). The average Bonchev–Trinajstić information content (AvgIpc) is 2.41. The van der Waals surface area contributed by atoms with Crippen molar-refractivity contribution in [2.45, 2.75) is 25.1 Å². The zero-order chi connectivity index (χ0) is 14.8. The minimum Gasteiger partial charge on any atom is -0.329 e. The van der Waals surface area contributed by atoms with Gasteiger partial charge in [-0.05, 0) is 25.5 Å². The van der Waals surface area contributed by atoms with Crippen LogP contribution in [0.25, 0.3) is 0 Å². The first-order valence-electron chi connectivity index (χ1n) is 6.68. The van der Waals surface area contributed by atoms with Gasteiger partial charge in [-0.25, -0.2) is 4.39 Å². The Morgan fingerprint density at radius 1 is 1.30 bits per heavy atom. The number of nitrogens with zero attached hydrogens (tertiary/aromatic N) is 1. The molecular formula is C14H18F4N2. The molecular weight excluding hydrogens is 272 g/mol. The monoisotopic (exact) mass is 290 g/mol. The first-order valence-corrected chi connectivity index (χ1v) is 6.68. The number of hydrogen-bond donors (Lipinski definition) is 1. The van der Waals surface area contributed by atoms with E-state index in [0.29, 0.717) is 18.5 Å². The van der Waals surface area contributed by atoms with Crippen molar-refractivity contribution < 1.29 is 17.6 Å². The van der Waals surface area contributed by atoms with E-state index in [1.54, 1.807) is 23.1 Å². The summed E-state index contributed by atoms with van der Waals surface area (Å²) in [4.78, 5) is 1.65. The van der Waals surface area contributed by atoms with Crippen LogP contribution in [0, 0.1) is 11.7 Å². The van der Waals surface area contributed by atoms with Gasteiger partial charge in [-0.2, -0.15) is 13.2 Å². The van der Waals surface area contributed by atoms with Gasteiger partial charge in [-0.15, -0.1) is 0 Å². The number of halogens is 4. The second-order valence-corrected chi connectivity index (χ2v) is 5.15. The SMILES string of the molecule is NCC(c1ccccc1F)N1CCCC(C(F)(F)F)C1. The minimum atomic E-state index is -4.20. The summed E-state index contributed by atoms with van der Waals surface area (Å²) in [6.45, 7) is 0.508. The van der Waals surface area contributed by atoms with Crippen LogP contribution >= 0.6 is 0 Å². The third kappa shape index (κ3) is 3.30. The van der Waals surface area contributed by atoms with Crippen molar-refractivity contribution in [1.29, 1.82) is 0 Å². The fraction of sp³-hybridized carbons (Fsp3) is 0.571. The summed E-state index contributed by atoms with van der Waals surface area (Å²) >= 11 is 0. The van der Waals surface area contributed by atoms with Crippen LogP contribution in [0.4, 0.5) is 17.6 Å². The Balaban J connectivity index is 2.18. The molecule has 1 aromatic carbocycles. The van der Waals surface area contributed by atoms with E-state index in [1.165, 1.54) is 6.07 Å². The van der Waals surface area contributed by atoms with E-state index in [4.69, 9.17) is 5.73 Å². The predicted octanol–water partition coefficient (Wildman–Crippen LogP) is 3.10. The van der Waals surface area contributed by atoms with E-state index in [-0.39, 0.29) is 19.5 Å². The molecule has 1 aromatic rings. The lowest BCUT2D eigenvalue weighted by atomic mass is 9.94. The fourth-order valence-corrected chi connectivity index (χ4v) is 2.77. The van der Waals surface area contributed by atoms with Crippen LogP contribution in [-0.4, -0.2) is 30.7 Å². The summed E-state index contributed by atoms with van der Waals surface area (Å²) in [6, 6.07) is 5.63. The molecule has 20 heavy (non-hydrogen) atoms. The van der Waals surface area contributed by atoms with E-state index in [0.717, 1.165) is 0 Å². The van der Waals surface area contributed by atoms with Gasteiger partial charge in [0.05, 0.1) is 5.92 Å². The number of alkyl halides is 3. The molecule has 2 nitrogen and oxygen atoms in total. The first-order chi connectivity index (χ1) is 9.43. The Morgan fingerprint density at radius 3 is 2.60 bits per heavy atom. The lowest BCUT2D eigenvalue weighted by molar-refractivity contribution is -0.188. The normalized spacial score (nSPS) is 22.8. The largest absolute Gasteiger partial charge is 0.393 e. The molecule has 0 saturated carbocycles. The number of likely N-dealkylation sites (tertiary alicyclic amines) is 1. The molecule has 0 aromatic heterocycles. The lowest BCUT2D eigenvalue weighted by Gasteiger charge is -2.38. The van der Waals surface area contributed by atoms with Crippen molar-refractivity contribution in [3.8, 4) is 0 Å². The van der Waals surface area contributed by atoms with Crippen LogP contribution in [0.1, 0.15) is 24.4 Å². The molecule has 1 saturated heterocycles. The van der Waals surface area contributed by atoms with Gasteiger partial charge < -0.3 is 5.73 Å². The summed E-state index contributed by atoms with van der Waals surface area (Å²) in [7, 11) is 0. The highest BCUT2D eigenvalue weighted by Gasteiger charge is 2.43. The van der Waals surface area contributed by atoms with E-state index in [1.807, 2.05) is 0 Å². The van der Waals surface area contributed by atoms with Gasteiger partial charge in [0, 0.05) is 24.7 Å². The van der Waals surface area contributed by atoms with E-state index < -0.39 is 24.0 Å². The van der Waals surface area contributed by atoms with Crippen molar-refractivity contribution in [1.82, 2.24) is 4.90 Å². The Hall–Kier alpha value is -1.14. The zero-order valence-corrected chi connectivity index (χ0v) is 11.0. The van der Waals surface area contributed by atoms with E-state index >= 15 is 0 Å². The third-order valence-electron chi connectivity index (χ3n) is 3.84. The molecule has 0 bridgehead atoms. The summed E-state index contributed by atoms with van der Waals surface area (Å²) in [5.74, 6) is -1.77. The highest BCUT2D eigenvalue weighted by Crippen LogP contribution is 2.36. The smallest absolute Gasteiger partial charge is 0.329 e. The summed E-state index contributed by atoms with van der Waals surface area (Å²) in [5, 5.41) is 0. The van der Waals surface area contributed by atoms with Crippen LogP contribution in [0.5, 0.6) is 0 Å². The first kappa shape index (κ1) is 15.3. The topological polar surface area (TPSA) is 29.3 Å². The van der Waals surface area contributed by atoms with Gasteiger partial charge >= 0.3 is 6.18 Å². The molecule has 0 spiro atoms. The van der Waals surface area contributed by atoms with Crippen LogP contribution in [0.2, 0.25) is 0 Å². The second kappa shape index (κ2) is 6.10. The number of rotatable bonds is 3. The Bertz CT molecular complexity index is 447. The maximum atomic E-state index is 13.8. The standard InChI is InChI=1S/C14H18F4N2/c15-12-6-2-1-5-11(12)13(8-19)20-7-3-4-10(9-20)14(16,17)18/h1-2,5-6,10,13H,3-4,7-9,19H2. The molecule has 6 heteroatoms. The summed E-state index contributed by atoms with van der Waals surface area (Å²) in [5.41, 5.74) is 6.04.